The minimum Gasteiger partial charge on any atom is -0.270 e. The Kier molecular flexibility index (Phi) is 2.34. The fourth-order valence-corrected chi connectivity index (χ4v) is 2.48. The van der Waals surface area contributed by atoms with Crippen LogP contribution in [0.25, 0.3) is 11.0 Å². The summed E-state index contributed by atoms with van der Waals surface area (Å²) in [5.41, 5.74) is 2.03. The second-order valence-electron chi connectivity index (χ2n) is 4.73. The number of fused-ring (bicyclic) bond motifs is 3. The molecule has 0 bridgehead atoms. The average Bonchev–Trinajstić information content (AvgIpc) is 3.07. The van der Waals surface area contributed by atoms with Gasteiger partial charge in [-0.3, -0.25) is 24.6 Å². The summed E-state index contributed by atoms with van der Waals surface area (Å²) in [4.78, 5) is 34.2. The maximum Gasteiger partial charge on any atom is 0.263 e. The van der Waals surface area contributed by atoms with Crippen molar-refractivity contribution in [3.05, 3.63) is 53.6 Å². The van der Waals surface area contributed by atoms with E-state index in [-0.39, 0.29) is 18.4 Å². The first-order chi connectivity index (χ1) is 10.3. The number of amides is 2. The van der Waals surface area contributed by atoms with Gasteiger partial charge in [0.15, 0.2) is 5.65 Å². The summed E-state index contributed by atoms with van der Waals surface area (Å²) >= 11 is 0. The number of rotatable bonds is 2. The van der Waals surface area contributed by atoms with Gasteiger partial charge in [0.1, 0.15) is 0 Å². The molecule has 0 unspecified atom stereocenters. The molecule has 0 radical (unpaired) electrons. The lowest BCUT2D eigenvalue weighted by Gasteiger charge is -2.13. The van der Waals surface area contributed by atoms with Crippen LogP contribution in [0.15, 0.2) is 36.9 Å². The Morgan fingerprint density at radius 2 is 1.90 bits per heavy atom. The van der Waals surface area contributed by atoms with Crippen LogP contribution in [0.1, 0.15) is 26.3 Å². The van der Waals surface area contributed by atoms with Crippen LogP contribution in [0.5, 0.6) is 0 Å². The quantitative estimate of drug-likeness (QED) is 0.710. The monoisotopic (exact) mass is 279 g/mol. The summed E-state index contributed by atoms with van der Waals surface area (Å²) in [7, 11) is 0. The second kappa shape index (κ2) is 4.20. The normalized spacial score (nSPS) is 14.0. The number of pyridine rings is 2. The van der Waals surface area contributed by atoms with Gasteiger partial charge in [-0.15, -0.1) is 0 Å². The van der Waals surface area contributed by atoms with E-state index in [1.54, 1.807) is 24.5 Å². The molecule has 3 aromatic rings. The van der Waals surface area contributed by atoms with Gasteiger partial charge in [-0.2, -0.15) is 5.10 Å². The van der Waals surface area contributed by atoms with Gasteiger partial charge in [-0.1, -0.05) is 0 Å². The molecule has 7 heteroatoms. The van der Waals surface area contributed by atoms with E-state index in [4.69, 9.17) is 0 Å². The molecule has 1 N–H and O–H groups in total. The summed E-state index contributed by atoms with van der Waals surface area (Å²) in [6.45, 7) is 0.216. The maximum atomic E-state index is 12.5. The van der Waals surface area contributed by atoms with E-state index in [0.717, 1.165) is 5.56 Å². The van der Waals surface area contributed by atoms with Crippen LogP contribution in [-0.4, -0.2) is 36.9 Å². The van der Waals surface area contributed by atoms with E-state index >= 15 is 0 Å². The maximum absolute atomic E-state index is 12.5. The molecule has 4 rings (SSSR count). The van der Waals surface area contributed by atoms with Crippen molar-refractivity contribution >= 4 is 22.8 Å². The Hall–Kier alpha value is -3.09. The molecular formula is C14H9N5O2. The van der Waals surface area contributed by atoms with Crippen molar-refractivity contribution in [3.8, 4) is 0 Å². The molecule has 0 aliphatic carbocycles. The highest BCUT2D eigenvalue weighted by Gasteiger charge is 2.37. The van der Waals surface area contributed by atoms with Gasteiger partial charge in [0.2, 0.25) is 0 Å². The number of aromatic nitrogens is 4. The van der Waals surface area contributed by atoms with E-state index in [1.807, 2.05) is 0 Å². The smallest absolute Gasteiger partial charge is 0.263 e. The number of nitrogens with one attached hydrogen (secondary N) is 1. The Labute approximate surface area is 118 Å². The third kappa shape index (κ3) is 1.64. The number of aromatic amines is 1. The highest BCUT2D eigenvalue weighted by Crippen LogP contribution is 2.28. The van der Waals surface area contributed by atoms with E-state index in [2.05, 4.69) is 20.2 Å². The highest BCUT2D eigenvalue weighted by atomic mass is 16.2. The Morgan fingerprint density at radius 3 is 2.71 bits per heavy atom. The molecular weight excluding hydrogens is 270 g/mol. The fourth-order valence-electron chi connectivity index (χ4n) is 2.48. The average molecular weight is 279 g/mol. The molecule has 0 fully saturated rings. The molecule has 1 aliphatic rings. The lowest BCUT2D eigenvalue weighted by molar-refractivity contribution is 0.0643. The Bertz CT molecular complexity index is 871. The number of imide groups is 1. The molecule has 3 aromatic heterocycles. The number of H-pyrrole nitrogens is 1. The van der Waals surface area contributed by atoms with Gasteiger partial charge in [-0.05, 0) is 17.7 Å². The molecule has 1 aliphatic heterocycles. The first-order valence-corrected chi connectivity index (χ1v) is 6.33. The lowest BCUT2D eigenvalue weighted by Crippen LogP contribution is -2.29. The molecule has 0 saturated heterocycles. The SMILES string of the molecule is O=C1c2cnc3[nH]ncc3c2C(=O)N1Cc1ccncc1. The first kappa shape index (κ1) is 11.7. The van der Waals surface area contributed by atoms with Crippen molar-refractivity contribution in [2.45, 2.75) is 6.54 Å². The van der Waals surface area contributed by atoms with E-state index < -0.39 is 0 Å². The number of nitrogens with zero attached hydrogens (tertiary/aromatic N) is 4. The van der Waals surface area contributed by atoms with Gasteiger partial charge >= 0.3 is 0 Å². The zero-order valence-corrected chi connectivity index (χ0v) is 10.8. The van der Waals surface area contributed by atoms with Crippen molar-refractivity contribution in [3.63, 3.8) is 0 Å². The molecule has 0 saturated carbocycles. The van der Waals surface area contributed by atoms with Crippen molar-refractivity contribution in [2.24, 2.45) is 0 Å². The minimum absolute atomic E-state index is 0.216. The Balaban J connectivity index is 1.79. The standard InChI is InChI=1S/C14H9N5O2/c20-13-10-5-16-12-9(6-17-18-12)11(10)14(21)19(13)7-8-1-3-15-4-2-8/h1-6H,7H2,(H,16,17,18). The summed E-state index contributed by atoms with van der Waals surface area (Å²) in [6.07, 6.45) is 6.19. The molecule has 0 aromatic carbocycles. The van der Waals surface area contributed by atoms with Crippen molar-refractivity contribution in [1.29, 1.82) is 0 Å². The van der Waals surface area contributed by atoms with E-state index in [0.29, 0.717) is 22.2 Å². The zero-order valence-electron chi connectivity index (χ0n) is 10.8. The first-order valence-electron chi connectivity index (χ1n) is 6.33. The largest absolute Gasteiger partial charge is 0.270 e. The molecule has 0 atom stereocenters. The summed E-state index contributed by atoms with van der Waals surface area (Å²) in [5.74, 6) is -0.650. The zero-order chi connectivity index (χ0) is 14.4. The molecule has 4 heterocycles. The van der Waals surface area contributed by atoms with Crippen LogP contribution in [0.4, 0.5) is 0 Å². The lowest BCUT2D eigenvalue weighted by atomic mass is 10.1. The van der Waals surface area contributed by atoms with Gasteiger partial charge in [-0.25, -0.2) is 4.98 Å². The third-order valence-electron chi connectivity index (χ3n) is 3.51. The summed E-state index contributed by atoms with van der Waals surface area (Å²) < 4.78 is 0. The predicted octanol–water partition coefficient (Wildman–Crippen LogP) is 1.15. The van der Waals surface area contributed by atoms with Crippen molar-refractivity contribution in [1.82, 2.24) is 25.1 Å². The van der Waals surface area contributed by atoms with Crippen molar-refractivity contribution in [2.75, 3.05) is 0 Å². The summed E-state index contributed by atoms with van der Waals surface area (Å²) in [5, 5.41) is 7.14. The second-order valence-corrected chi connectivity index (χ2v) is 4.73. The third-order valence-corrected chi connectivity index (χ3v) is 3.51. The van der Waals surface area contributed by atoms with Gasteiger partial charge in [0, 0.05) is 18.6 Å². The van der Waals surface area contributed by atoms with Crippen LogP contribution >= 0.6 is 0 Å². The molecule has 102 valence electrons. The van der Waals surface area contributed by atoms with Gasteiger partial charge in [0.25, 0.3) is 11.8 Å². The van der Waals surface area contributed by atoms with E-state index in [9.17, 15) is 9.59 Å². The van der Waals surface area contributed by atoms with Gasteiger partial charge in [0.05, 0.1) is 29.3 Å². The van der Waals surface area contributed by atoms with Crippen LogP contribution in [0, 0.1) is 0 Å². The minimum atomic E-state index is -0.331. The number of carbonyl (C=O) groups is 2. The molecule has 2 amide bonds. The van der Waals surface area contributed by atoms with Gasteiger partial charge < -0.3 is 0 Å². The number of hydrogen-bond donors (Lipinski definition) is 1. The van der Waals surface area contributed by atoms with Crippen LogP contribution in [-0.2, 0) is 6.54 Å². The number of hydrogen-bond acceptors (Lipinski definition) is 5. The molecule has 0 spiro atoms. The van der Waals surface area contributed by atoms with Crippen LogP contribution in [0.2, 0.25) is 0 Å². The molecule has 7 nitrogen and oxygen atoms in total. The topological polar surface area (TPSA) is 91.8 Å². The van der Waals surface area contributed by atoms with Crippen LogP contribution in [0.3, 0.4) is 0 Å². The highest BCUT2D eigenvalue weighted by molar-refractivity contribution is 6.25. The predicted molar refractivity (Wildman–Crippen MR) is 72.3 cm³/mol. The van der Waals surface area contributed by atoms with E-state index in [1.165, 1.54) is 17.3 Å². The number of carbonyl (C=O) groups excluding carboxylic acids is 2. The fraction of sp³-hybridized carbons (Fsp3) is 0.0714. The van der Waals surface area contributed by atoms with Crippen LogP contribution < -0.4 is 0 Å². The molecule has 21 heavy (non-hydrogen) atoms. The Morgan fingerprint density at radius 1 is 1.10 bits per heavy atom. The van der Waals surface area contributed by atoms with Crippen molar-refractivity contribution < 1.29 is 9.59 Å². The summed E-state index contributed by atoms with van der Waals surface area (Å²) in [6, 6.07) is 3.55.